The molecule has 0 rings (SSSR count). The summed E-state index contributed by atoms with van der Waals surface area (Å²) in [7, 11) is 0. The van der Waals surface area contributed by atoms with Gasteiger partial charge in [-0.05, 0) is 19.8 Å². The summed E-state index contributed by atoms with van der Waals surface area (Å²) >= 11 is 0. The number of hydrogen-bond donors (Lipinski definition) is 0. The second-order valence-electron chi connectivity index (χ2n) is 2.43. The van der Waals surface area contributed by atoms with Crippen molar-refractivity contribution in [1.29, 1.82) is 0 Å². The Hall–Kier alpha value is -0.790. The van der Waals surface area contributed by atoms with Gasteiger partial charge < -0.3 is 4.74 Å². The van der Waals surface area contributed by atoms with Crippen molar-refractivity contribution in [2.45, 2.75) is 33.6 Å². The second-order valence-corrected chi connectivity index (χ2v) is 2.43. The number of allylic oxidation sites excluding steroid dienone is 1. The molecular formula is C9H16O2. The van der Waals surface area contributed by atoms with E-state index < -0.39 is 0 Å². The fourth-order valence-electron chi connectivity index (χ4n) is 0.698. The first-order valence-corrected chi connectivity index (χ1v) is 4.06. The Bertz CT molecular complexity index is 148. The predicted molar refractivity (Wildman–Crippen MR) is 45.3 cm³/mol. The van der Waals surface area contributed by atoms with Crippen LogP contribution in [0.2, 0.25) is 0 Å². The van der Waals surface area contributed by atoms with Gasteiger partial charge in [-0.3, -0.25) is 0 Å². The standard InChI is InChI=1S/C9H16O2/c1-4-6-8(3)9(10)11-7-5-2/h6H,4-5,7H2,1-3H3. The summed E-state index contributed by atoms with van der Waals surface area (Å²) in [6.07, 6.45) is 3.64. The highest BCUT2D eigenvalue weighted by Gasteiger charge is 2.02. The Morgan fingerprint density at radius 3 is 2.55 bits per heavy atom. The number of ether oxygens (including phenoxy) is 1. The van der Waals surface area contributed by atoms with Crippen LogP contribution in [-0.4, -0.2) is 12.6 Å². The minimum atomic E-state index is -0.186. The summed E-state index contributed by atoms with van der Waals surface area (Å²) in [6.45, 7) is 6.28. The van der Waals surface area contributed by atoms with E-state index in [0.29, 0.717) is 12.2 Å². The Kier molecular flexibility index (Phi) is 5.53. The highest BCUT2D eigenvalue weighted by atomic mass is 16.5. The molecule has 0 radical (unpaired) electrons. The van der Waals surface area contributed by atoms with Crippen molar-refractivity contribution in [2.75, 3.05) is 6.61 Å². The number of carbonyl (C=O) groups is 1. The van der Waals surface area contributed by atoms with Crippen molar-refractivity contribution in [3.05, 3.63) is 11.6 Å². The van der Waals surface area contributed by atoms with E-state index in [9.17, 15) is 4.79 Å². The maximum Gasteiger partial charge on any atom is 0.333 e. The Morgan fingerprint density at radius 2 is 2.09 bits per heavy atom. The van der Waals surface area contributed by atoms with Crippen LogP contribution in [0.4, 0.5) is 0 Å². The average Bonchev–Trinajstić information content (AvgIpc) is 2.00. The Morgan fingerprint density at radius 1 is 1.45 bits per heavy atom. The summed E-state index contributed by atoms with van der Waals surface area (Å²) < 4.78 is 4.90. The first kappa shape index (κ1) is 10.2. The molecule has 2 heteroatoms. The van der Waals surface area contributed by atoms with E-state index >= 15 is 0 Å². The van der Waals surface area contributed by atoms with Crippen LogP contribution in [0.15, 0.2) is 11.6 Å². The van der Waals surface area contributed by atoms with Crippen LogP contribution >= 0.6 is 0 Å². The molecule has 0 saturated heterocycles. The molecule has 0 N–H and O–H groups in total. The largest absolute Gasteiger partial charge is 0.462 e. The van der Waals surface area contributed by atoms with E-state index in [1.807, 2.05) is 19.9 Å². The minimum Gasteiger partial charge on any atom is -0.462 e. The average molecular weight is 156 g/mol. The first-order valence-electron chi connectivity index (χ1n) is 4.06. The van der Waals surface area contributed by atoms with Crippen molar-refractivity contribution < 1.29 is 9.53 Å². The first-order chi connectivity index (χ1) is 5.22. The van der Waals surface area contributed by atoms with E-state index in [0.717, 1.165) is 12.8 Å². The van der Waals surface area contributed by atoms with Crippen LogP contribution in [0.25, 0.3) is 0 Å². The van der Waals surface area contributed by atoms with Crippen molar-refractivity contribution in [2.24, 2.45) is 0 Å². The molecule has 0 aromatic carbocycles. The lowest BCUT2D eigenvalue weighted by atomic mass is 10.2. The lowest BCUT2D eigenvalue weighted by Gasteiger charge is -2.01. The molecule has 0 saturated carbocycles. The SMILES string of the molecule is CCC=C(C)C(=O)OCCC. The Labute approximate surface area is 68.2 Å². The fraction of sp³-hybridized carbons (Fsp3) is 0.667. The number of esters is 1. The molecule has 0 spiro atoms. The topological polar surface area (TPSA) is 26.3 Å². The van der Waals surface area contributed by atoms with Gasteiger partial charge in [0.15, 0.2) is 0 Å². The summed E-state index contributed by atoms with van der Waals surface area (Å²) in [5.74, 6) is -0.186. The summed E-state index contributed by atoms with van der Waals surface area (Å²) in [5.41, 5.74) is 0.709. The molecule has 0 unspecified atom stereocenters. The van der Waals surface area contributed by atoms with Gasteiger partial charge in [0.05, 0.1) is 6.61 Å². The van der Waals surface area contributed by atoms with Gasteiger partial charge in [0.1, 0.15) is 0 Å². The molecule has 0 aromatic rings. The second kappa shape index (κ2) is 5.96. The molecule has 0 aromatic heterocycles. The van der Waals surface area contributed by atoms with Gasteiger partial charge in [0.25, 0.3) is 0 Å². The van der Waals surface area contributed by atoms with Gasteiger partial charge >= 0.3 is 5.97 Å². The van der Waals surface area contributed by atoms with Gasteiger partial charge in [0.2, 0.25) is 0 Å². The molecule has 0 atom stereocenters. The van der Waals surface area contributed by atoms with E-state index in [2.05, 4.69) is 0 Å². The van der Waals surface area contributed by atoms with Crippen molar-refractivity contribution >= 4 is 5.97 Å². The smallest absolute Gasteiger partial charge is 0.333 e. The molecule has 64 valence electrons. The molecular weight excluding hydrogens is 140 g/mol. The zero-order chi connectivity index (χ0) is 8.69. The van der Waals surface area contributed by atoms with Crippen LogP contribution in [0.5, 0.6) is 0 Å². The van der Waals surface area contributed by atoms with Crippen molar-refractivity contribution in [3.8, 4) is 0 Å². The Balaban J connectivity index is 3.73. The molecule has 0 aliphatic rings. The number of rotatable bonds is 4. The predicted octanol–water partition coefficient (Wildman–Crippen LogP) is 2.30. The molecule has 2 nitrogen and oxygen atoms in total. The molecule has 0 fully saturated rings. The monoisotopic (exact) mass is 156 g/mol. The van der Waals surface area contributed by atoms with E-state index in [1.165, 1.54) is 0 Å². The normalized spacial score (nSPS) is 11.4. The van der Waals surface area contributed by atoms with Crippen molar-refractivity contribution in [3.63, 3.8) is 0 Å². The van der Waals surface area contributed by atoms with Crippen LogP contribution < -0.4 is 0 Å². The molecule has 0 amide bonds. The lowest BCUT2D eigenvalue weighted by Crippen LogP contribution is -2.06. The van der Waals surface area contributed by atoms with E-state index in [1.54, 1.807) is 6.92 Å². The summed E-state index contributed by atoms with van der Waals surface area (Å²) in [5, 5.41) is 0. The third-order valence-corrected chi connectivity index (χ3v) is 1.27. The van der Waals surface area contributed by atoms with Gasteiger partial charge in [-0.2, -0.15) is 0 Å². The quantitative estimate of drug-likeness (QED) is 0.461. The fourth-order valence-corrected chi connectivity index (χ4v) is 0.698. The third-order valence-electron chi connectivity index (χ3n) is 1.27. The highest BCUT2D eigenvalue weighted by molar-refractivity contribution is 5.87. The molecule has 0 heterocycles. The van der Waals surface area contributed by atoms with Crippen LogP contribution in [0.1, 0.15) is 33.6 Å². The van der Waals surface area contributed by atoms with Gasteiger partial charge in [-0.1, -0.05) is 19.9 Å². The number of carbonyl (C=O) groups excluding carboxylic acids is 1. The molecule has 11 heavy (non-hydrogen) atoms. The molecule has 0 aliphatic carbocycles. The van der Waals surface area contributed by atoms with Crippen LogP contribution in [0.3, 0.4) is 0 Å². The highest BCUT2D eigenvalue weighted by Crippen LogP contribution is 1.98. The summed E-state index contributed by atoms with van der Waals surface area (Å²) in [6, 6.07) is 0. The third kappa shape index (κ3) is 4.59. The van der Waals surface area contributed by atoms with Gasteiger partial charge in [0, 0.05) is 5.57 Å². The van der Waals surface area contributed by atoms with Gasteiger partial charge in [-0.15, -0.1) is 0 Å². The molecule has 0 aliphatic heterocycles. The van der Waals surface area contributed by atoms with E-state index in [-0.39, 0.29) is 5.97 Å². The van der Waals surface area contributed by atoms with Crippen LogP contribution in [-0.2, 0) is 9.53 Å². The van der Waals surface area contributed by atoms with Gasteiger partial charge in [-0.25, -0.2) is 4.79 Å². The zero-order valence-electron chi connectivity index (χ0n) is 7.52. The zero-order valence-corrected chi connectivity index (χ0v) is 7.52. The maximum absolute atomic E-state index is 11.0. The summed E-state index contributed by atoms with van der Waals surface area (Å²) in [4.78, 5) is 11.0. The lowest BCUT2D eigenvalue weighted by molar-refractivity contribution is -0.138. The molecule has 0 bridgehead atoms. The van der Waals surface area contributed by atoms with Crippen molar-refractivity contribution in [1.82, 2.24) is 0 Å². The van der Waals surface area contributed by atoms with E-state index in [4.69, 9.17) is 4.74 Å². The minimum absolute atomic E-state index is 0.186. The number of hydrogen-bond acceptors (Lipinski definition) is 2. The maximum atomic E-state index is 11.0. The van der Waals surface area contributed by atoms with Crippen LogP contribution in [0, 0.1) is 0 Å².